The molecule has 39 heavy (non-hydrogen) atoms. The van der Waals surface area contributed by atoms with E-state index in [9.17, 15) is 24.9 Å². The molecule has 0 radical (unpaired) electrons. The largest absolute Gasteiger partial charge is 0.469 e. The Morgan fingerprint density at radius 1 is 0.923 bits per heavy atom. The van der Waals surface area contributed by atoms with Crippen LogP contribution in [0.5, 0.6) is 0 Å². The third kappa shape index (κ3) is 3.33. The highest BCUT2D eigenvalue weighted by Crippen LogP contribution is 2.76. The number of rotatable bonds is 2. The van der Waals surface area contributed by atoms with Crippen molar-refractivity contribution in [2.45, 2.75) is 111 Å². The maximum absolute atomic E-state index is 13.5. The topological polar surface area (TPSA) is 113 Å². The standard InChI is InChI=1S/C32H50O7/c1-18-11-14-32(26(36)39-8)16-15-28(3)19(23(32)31(18,6)37)9-10-21-27(2)13-12-22(34)30(5,25(35)38-7)24(27)20(33)17-29(21,28)4/h9,18,20-24,33-34,37H,10-17H2,1-8H3/t18-,20-,21-,22+,23-,24-,27-,28-,29-,30-,31-,32+/m1/s1. The van der Waals surface area contributed by atoms with Crippen molar-refractivity contribution in [2.75, 3.05) is 14.2 Å². The lowest BCUT2D eigenvalue weighted by molar-refractivity contribution is -0.252. The third-order valence-corrected chi connectivity index (χ3v) is 13.8. The Bertz CT molecular complexity index is 1080. The Morgan fingerprint density at radius 3 is 2.18 bits per heavy atom. The van der Waals surface area contributed by atoms with Crippen molar-refractivity contribution in [1.29, 1.82) is 0 Å². The fourth-order valence-electron chi connectivity index (χ4n) is 11.4. The zero-order valence-corrected chi connectivity index (χ0v) is 25.2. The summed E-state index contributed by atoms with van der Waals surface area (Å²) in [5, 5.41) is 35.2. The summed E-state index contributed by atoms with van der Waals surface area (Å²) in [7, 11) is 2.81. The molecule has 0 saturated heterocycles. The highest BCUT2D eigenvalue weighted by molar-refractivity contribution is 5.79. The number of allylic oxidation sites excluding steroid dienone is 1. The number of ether oxygens (including phenoxy) is 2. The number of fused-ring (bicyclic) bond motifs is 7. The van der Waals surface area contributed by atoms with Gasteiger partial charge in [-0.2, -0.15) is 0 Å². The molecule has 7 nitrogen and oxygen atoms in total. The van der Waals surface area contributed by atoms with Gasteiger partial charge in [0.15, 0.2) is 0 Å². The second kappa shape index (κ2) is 8.78. The van der Waals surface area contributed by atoms with Crippen LogP contribution in [0, 0.1) is 50.7 Å². The van der Waals surface area contributed by atoms with E-state index in [4.69, 9.17) is 9.47 Å². The highest BCUT2D eigenvalue weighted by Gasteiger charge is 2.74. The molecule has 7 heteroatoms. The minimum Gasteiger partial charge on any atom is -0.469 e. The monoisotopic (exact) mass is 546 g/mol. The first kappa shape index (κ1) is 29.1. The molecule has 12 atom stereocenters. The van der Waals surface area contributed by atoms with Gasteiger partial charge in [0.25, 0.3) is 0 Å². The number of aliphatic hydroxyl groups is 3. The zero-order valence-electron chi connectivity index (χ0n) is 25.2. The predicted molar refractivity (Wildman–Crippen MR) is 146 cm³/mol. The lowest BCUT2D eigenvalue weighted by Gasteiger charge is -2.72. The fraction of sp³-hybridized carbons (Fsp3) is 0.875. The van der Waals surface area contributed by atoms with Crippen molar-refractivity contribution in [1.82, 2.24) is 0 Å². The minimum atomic E-state index is -1.19. The van der Waals surface area contributed by atoms with Crippen LogP contribution in [-0.2, 0) is 19.1 Å². The number of esters is 2. The van der Waals surface area contributed by atoms with E-state index in [0.717, 1.165) is 24.8 Å². The van der Waals surface area contributed by atoms with Crippen LogP contribution < -0.4 is 0 Å². The number of carbonyl (C=O) groups is 2. The molecule has 0 spiro atoms. The molecular formula is C32H50O7. The average molecular weight is 547 g/mol. The summed E-state index contributed by atoms with van der Waals surface area (Å²) < 4.78 is 10.6. The molecule has 0 heterocycles. The van der Waals surface area contributed by atoms with Gasteiger partial charge in [-0.25, -0.2) is 0 Å². The van der Waals surface area contributed by atoms with E-state index < -0.39 is 45.9 Å². The molecule has 5 aliphatic carbocycles. The van der Waals surface area contributed by atoms with Gasteiger partial charge in [0, 0.05) is 11.8 Å². The second-order valence-electron chi connectivity index (χ2n) is 15.0. The fourth-order valence-corrected chi connectivity index (χ4v) is 11.4. The molecule has 5 rings (SSSR count). The van der Waals surface area contributed by atoms with Crippen LogP contribution >= 0.6 is 0 Å². The normalized spacial score (nSPS) is 54.7. The molecule has 0 aromatic carbocycles. The quantitative estimate of drug-likeness (QED) is 0.347. The van der Waals surface area contributed by atoms with E-state index in [-0.39, 0.29) is 34.6 Å². The van der Waals surface area contributed by atoms with Crippen molar-refractivity contribution in [3.63, 3.8) is 0 Å². The van der Waals surface area contributed by atoms with Gasteiger partial charge in [-0.3, -0.25) is 9.59 Å². The summed E-state index contributed by atoms with van der Waals surface area (Å²) in [5.41, 5.74) is -2.96. The molecule has 220 valence electrons. The number of carbonyl (C=O) groups excluding carboxylic acids is 2. The third-order valence-electron chi connectivity index (χ3n) is 13.8. The van der Waals surface area contributed by atoms with Gasteiger partial charge in [-0.05, 0) is 93.3 Å². The lowest BCUT2D eigenvalue weighted by Crippen LogP contribution is -2.71. The Labute approximate surface area is 233 Å². The van der Waals surface area contributed by atoms with E-state index >= 15 is 0 Å². The first-order chi connectivity index (χ1) is 18.0. The molecule has 0 aliphatic heterocycles. The van der Waals surface area contributed by atoms with Crippen LogP contribution in [0.3, 0.4) is 0 Å². The van der Waals surface area contributed by atoms with Crippen LogP contribution in [-0.4, -0.2) is 59.3 Å². The number of aliphatic hydroxyl groups excluding tert-OH is 2. The van der Waals surface area contributed by atoms with Gasteiger partial charge < -0.3 is 24.8 Å². The number of hydrogen-bond acceptors (Lipinski definition) is 7. The Kier molecular flexibility index (Phi) is 6.54. The molecule has 0 aromatic heterocycles. The van der Waals surface area contributed by atoms with Gasteiger partial charge in [-0.1, -0.05) is 39.3 Å². The van der Waals surface area contributed by atoms with Gasteiger partial charge in [0.1, 0.15) is 0 Å². The van der Waals surface area contributed by atoms with Crippen LogP contribution in [0.1, 0.15) is 92.9 Å². The summed E-state index contributed by atoms with van der Waals surface area (Å²) in [6.45, 7) is 12.5. The lowest BCUT2D eigenvalue weighted by atomic mass is 9.32. The van der Waals surface area contributed by atoms with Gasteiger partial charge in [0.2, 0.25) is 0 Å². The minimum absolute atomic E-state index is 0.0356. The van der Waals surface area contributed by atoms with Gasteiger partial charge in [-0.15, -0.1) is 0 Å². The molecule has 0 aromatic rings. The summed E-state index contributed by atoms with van der Waals surface area (Å²) in [5.74, 6) is -1.28. The van der Waals surface area contributed by atoms with Crippen molar-refractivity contribution >= 4 is 11.9 Å². The van der Waals surface area contributed by atoms with E-state index in [1.807, 2.05) is 6.92 Å². The maximum Gasteiger partial charge on any atom is 0.314 e. The Morgan fingerprint density at radius 2 is 1.56 bits per heavy atom. The van der Waals surface area contributed by atoms with E-state index in [2.05, 4.69) is 33.8 Å². The SMILES string of the molecule is COC(=O)[C@]12CC[C@@H](C)[C@@](C)(O)[C@H]1C1=CC[C@@H]3[C@@]4(C)CC[C@H](O)[C@@](C)(C(=O)OC)[C@@H]4[C@H](O)C[C@@]3(C)[C@]1(C)CC2. The van der Waals surface area contributed by atoms with Crippen molar-refractivity contribution in [2.24, 2.45) is 50.7 Å². The van der Waals surface area contributed by atoms with Crippen LogP contribution in [0.25, 0.3) is 0 Å². The van der Waals surface area contributed by atoms with Crippen molar-refractivity contribution in [3.8, 4) is 0 Å². The van der Waals surface area contributed by atoms with E-state index in [1.165, 1.54) is 14.2 Å². The molecule has 0 amide bonds. The smallest absolute Gasteiger partial charge is 0.314 e. The molecule has 0 bridgehead atoms. The average Bonchev–Trinajstić information content (AvgIpc) is 2.88. The number of hydrogen-bond donors (Lipinski definition) is 3. The molecular weight excluding hydrogens is 496 g/mol. The number of methoxy groups -OCH3 is 2. The van der Waals surface area contributed by atoms with Gasteiger partial charge >= 0.3 is 11.9 Å². The summed E-state index contributed by atoms with van der Waals surface area (Å²) in [6.07, 6.45) is 5.94. The van der Waals surface area contributed by atoms with Crippen LogP contribution in [0.4, 0.5) is 0 Å². The maximum atomic E-state index is 13.5. The molecule has 4 saturated carbocycles. The molecule has 4 fully saturated rings. The van der Waals surface area contributed by atoms with E-state index in [0.29, 0.717) is 32.1 Å². The zero-order chi connectivity index (χ0) is 29.0. The Hall–Kier alpha value is -1.44. The van der Waals surface area contributed by atoms with Crippen molar-refractivity contribution in [3.05, 3.63) is 11.6 Å². The highest BCUT2D eigenvalue weighted by atomic mass is 16.5. The first-order valence-corrected chi connectivity index (χ1v) is 15.0. The van der Waals surface area contributed by atoms with Crippen molar-refractivity contribution < 1.29 is 34.4 Å². The first-order valence-electron chi connectivity index (χ1n) is 15.0. The van der Waals surface area contributed by atoms with Crippen LogP contribution in [0.15, 0.2) is 11.6 Å². The summed E-state index contributed by atoms with van der Waals surface area (Å²) in [6, 6.07) is 0. The molecule has 5 aliphatic rings. The predicted octanol–water partition coefficient (Wildman–Crippen LogP) is 4.42. The summed E-state index contributed by atoms with van der Waals surface area (Å²) in [4.78, 5) is 26.7. The second-order valence-corrected chi connectivity index (χ2v) is 15.0. The Balaban J connectivity index is 1.67. The molecule has 3 N–H and O–H groups in total. The van der Waals surface area contributed by atoms with Gasteiger partial charge in [0.05, 0.1) is 42.9 Å². The summed E-state index contributed by atoms with van der Waals surface area (Å²) >= 11 is 0. The van der Waals surface area contributed by atoms with E-state index in [1.54, 1.807) is 6.92 Å². The van der Waals surface area contributed by atoms with Crippen LogP contribution in [0.2, 0.25) is 0 Å². The molecule has 0 unspecified atom stereocenters.